The maximum Gasteiger partial charge on any atom is 0.237 e. The molecule has 0 spiro atoms. The van der Waals surface area contributed by atoms with Gasteiger partial charge in [-0.1, -0.05) is 18.2 Å². The Labute approximate surface area is 139 Å². The van der Waals surface area contributed by atoms with Gasteiger partial charge in [-0.15, -0.1) is 11.8 Å². The molecule has 22 heavy (non-hydrogen) atoms. The van der Waals surface area contributed by atoms with Crippen molar-refractivity contribution >= 4 is 41.0 Å². The van der Waals surface area contributed by atoms with Crippen LogP contribution in [-0.4, -0.2) is 52.3 Å². The van der Waals surface area contributed by atoms with Crippen LogP contribution in [0.3, 0.4) is 0 Å². The Balaban J connectivity index is 1.55. The van der Waals surface area contributed by atoms with Gasteiger partial charge in [-0.05, 0) is 24.5 Å². The number of carbonyl (C=O) groups is 2. The summed E-state index contributed by atoms with van der Waals surface area (Å²) in [5.41, 5.74) is 2.09. The van der Waals surface area contributed by atoms with Crippen LogP contribution in [0.2, 0.25) is 0 Å². The molecule has 2 aliphatic heterocycles. The van der Waals surface area contributed by atoms with Crippen LogP contribution in [0.15, 0.2) is 24.3 Å². The minimum absolute atomic E-state index is 0.0250. The molecular weight excluding hydrogens is 316 g/mol. The highest BCUT2D eigenvalue weighted by atomic mass is 32.2. The van der Waals surface area contributed by atoms with Gasteiger partial charge in [0, 0.05) is 30.3 Å². The molecule has 0 bridgehead atoms. The number of hydrogen-bond donors (Lipinski definition) is 1. The highest BCUT2D eigenvalue weighted by Crippen LogP contribution is 2.27. The second-order valence-corrected chi connectivity index (χ2v) is 7.89. The number of hydrogen-bond acceptors (Lipinski definition) is 4. The second kappa shape index (κ2) is 7.42. The molecule has 1 aromatic rings. The third-order valence-corrected chi connectivity index (χ3v) is 6.22. The van der Waals surface area contributed by atoms with Crippen molar-refractivity contribution in [1.82, 2.24) is 4.90 Å². The molecule has 1 saturated heterocycles. The van der Waals surface area contributed by atoms with E-state index in [2.05, 4.69) is 11.4 Å². The summed E-state index contributed by atoms with van der Waals surface area (Å²) in [4.78, 5) is 26.4. The molecule has 6 heteroatoms. The van der Waals surface area contributed by atoms with Crippen LogP contribution < -0.4 is 5.32 Å². The van der Waals surface area contributed by atoms with Gasteiger partial charge in [-0.2, -0.15) is 11.8 Å². The van der Waals surface area contributed by atoms with E-state index >= 15 is 0 Å². The third-order valence-electron chi connectivity index (χ3n) is 4.02. The molecule has 118 valence electrons. The van der Waals surface area contributed by atoms with Crippen LogP contribution in [0.5, 0.6) is 0 Å². The van der Waals surface area contributed by atoms with Crippen molar-refractivity contribution in [2.45, 2.75) is 18.1 Å². The molecule has 1 atom stereocenters. The predicted molar refractivity (Wildman–Crippen MR) is 93.5 cm³/mol. The number of rotatable bonds is 3. The first kappa shape index (κ1) is 15.7. The van der Waals surface area contributed by atoms with Gasteiger partial charge in [0.05, 0.1) is 11.0 Å². The maximum absolute atomic E-state index is 12.3. The van der Waals surface area contributed by atoms with Gasteiger partial charge < -0.3 is 10.2 Å². The molecule has 4 nitrogen and oxygen atoms in total. The summed E-state index contributed by atoms with van der Waals surface area (Å²) < 4.78 is 0. The largest absolute Gasteiger partial charge is 0.340 e. The van der Waals surface area contributed by atoms with Crippen LogP contribution >= 0.6 is 23.5 Å². The number of para-hydroxylation sites is 1. The third kappa shape index (κ3) is 3.79. The lowest BCUT2D eigenvalue weighted by Crippen LogP contribution is -2.39. The molecule has 3 rings (SSSR count). The molecule has 2 aliphatic rings. The fourth-order valence-corrected chi connectivity index (χ4v) is 4.65. The number of thioether (sulfide) groups is 2. The lowest BCUT2D eigenvalue weighted by molar-refractivity contribution is -0.127. The molecule has 1 fully saturated rings. The average molecular weight is 336 g/mol. The van der Waals surface area contributed by atoms with E-state index in [1.807, 2.05) is 34.9 Å². The Morgan fingerprint density at radius 1 is 1.32 bits per heavy atom. The molecule has 0 aliphatic carbocycles. The van der Waals surface area contributed by atoms with Gasteiger partial charge in [-0.25, -0.2) is 0 Å². The Kier molecular flexibility index (Phi) is 5.31. The van der Waals surface area contributed by atoms with Crippen LogP contribution in [-0.2, 0) is 16.0 Å². The number of benzene rings is 1. The van der Waals surface area contributed by atoms with Crippen molar-refractivity contribution in [2.75, 3.05) is 35.7 Å². The fraction of sp³-hybridized carbons (Fsp3) is 0.500. The SMILES string of the molecule is O=C1Nc2ccccc2CC[C@@H]1SCC(=O)N1CCSCC1. The van der Waals surface area contributed by atoms with Gasteiger partial charge in [-0.3, -0.25) is 9.59 Å². The van der Waals surface area contributed by atoms with Crippen molar-refractivity contribution in [2.24, 2.45) is 0 Å². The molecule has 0 saturated carbocycles. The zero-order valence-electron chi connectivity index (χ0n) is 12.4. The van der Waals surface area contributed by atoms with Crippen molar-refractivity contribution in [3.05, 3.63) is 29.8 Å². The van der Waals surface area contributed by atoms with Crippen LogP contribution in [0.4, 0.5) is 5.69 Å². The topological polar surface area (TPSA) is 49.4 Å². The summed E-state index contributed by atoms with van der Waals surface area (Å²) in [6.45, 7) is 1.68. The van der Waals surface area contributed by atoms with Gasteiger partial charge in [0.1, 0.15) is 0 Å². The first-order valence-corrected chi connectivity index (χ1v) is 9.80. The van der Waals surface area contributed by atoms with E-state index in [0.717, 1.165) is 43.1 Å². The van der Waals surface area contributed by atoms with E-state index in [1.54, 1.807) is 0 Å². The summed E-state index contributed by atoms with van der Waals surface area (Å²) in [6.07, 6.45) is 1.66. The smallest absolute Gasteiger partial charge is 0.237 e. The quantitative estimate of drug-likeness (QED) is 0.920. The zero-order chi connectivity index (χ0) is 15.4. The monoisotopic (exact) mass is 336 g/mol. The van der Waals surface area contributed by atoms with Crippen LogP contribution in [0, 0.1) is 0 Å². The van der Waals surface area contributed by atoms with E-state index in [-0.39, 0.29) is 17.1 Å². The molecule has 2 heterocycles. The van der Waals surface area contributed by atoms with Crippen molar-refractivity contribution in [1.29, 1.82) is 0 Å². The minimum atomic E-state index is -0.143. The molecule has 2 amide bonds. The van der Waals surface area contributed by atoms with Crippen molar-refractivity contribution in [3.8, 4) is 0 Å². The number of nitrogens with one attached hydrogen (secondary N) is 1. The second-order valence-electron chi connectivity index (χ2n) is 5.48. The van der Waals surface area contributed by atoms with E-state index in [0.29, 0.717) is 5.75 Å². The first-order chi connectivity index (χ1) is 10.7. The zero-order valence-corrected chi connectivity index (χ0v) is 14.0. The lowest BCUT2D eigenvalue weighted by atomic mass is 10.1. The van der Waals surface area contributed by atoms with Gasteiger partial charge in [0.15, 0.2) is 0 Å². The number of aryl methyl sites for hydroxylation is 1. The summed E-state index contributed by atoms with van der Waals surface area (Å²) in [6, 6.07) is 7.93. The summed E-state index contributed by atoms with van der Waals surface area (Å²) in [5.74, 6) is 2.64. The van der Waals surface area contributed by atoms with Crippen LogP contribution in [0.1, 0.15) is 12.0 Å². The predicted octanol–water partition coefficient (Wildman–Crippen LogP) is 2.25. The van der Waals surface area contributed by atoms with Gasteiger partial charge >= 0.3 is 0 Å². The highest BCUT2D eigenvalue weighted by Gasteiger charge is 2.26. The Morgan fingerprint density at radius 2 is 2.09 bits per heavy atom. The molecular formula is C16H20N2O2S2. The van der Waals surface area contributed by atoms with E-state index < -0.39 is 0 Å². The number of carbonyl (C=O) groups excluding carboxylic acids is 2. The summed E-state index contributed by atoms with van der Waals surface area (Å²) in [7, 11) is 0. The summed E-state index contributed by atoms with van der Waals surface area (Å²) in [5, 5.41) is 2.84. The number of amides is 2. The fourth-order valence-electron chi connectivity index (χ4n) is 2.73. The molecule has 0 radical (unpaired) electrons. The standard InChI is InChI=1S/C16H20N2O2S2/c19-15(18-7-9-21-10-8-18)11-22-14-6-5-12-3-1-2-4-13(12)17-16(14)20/h1-4,14H,5-11H2,(H,17,20)/t14-/m0/s1. The Bertz CT molecular complexity index is 559. The van der Waals surface area contributed by atoms with Crippen LogP contribution in [0.25, 0.3) is 0 Å². The van der Waals surface area contributed by atoms with Gasteiger partial charge in [0.25, 0.3) is 0 Å². The first-order valence-electron chi connectivity index (χ1n) is 7.60. The number of anilines is 1. The molecule has 1 aromatic carbocycles. The van der Waals surface area contributed by atoms with E-state index in [9.17, 15) is 9.59 Å². The van der Waals surface area contributed by atoms with Crippen molar-refractivity contribution in [3.63, 3.8) is 0 Å². The molecule has 0 unspecified atom stereocenters. The van der Waals surface area contributed by atoms with E-state index in [1.165, 1.54) is 17.3 Å². The number of nitrogens with zero attached hydrogens (tertiary/aromatic N) is 1. The maximum atomic E-state index is 12.3. The molecule has 0 aromatic heterocycles. The van der Waals surface area contributed by atoms with Gasteiger partial charge in [0.2, 0.25) is 11.8 Å². The highest BCUT2D eigenvalue weighted by molar-refractivity contribution is 8.01. The van der Waals surface area contributed by atoms with E-state index in [4.69, 9.17) is 0 Å². The Morgan fingerprint density at radius 3 is 2.91 bits per heavy atom. The Hall–Kier alpha value is -1.14. The number of fused-ring (bicyclic) bond motifs is 1. The minimum Gasteiger partial charge on any atom is -0.340 e. The van der Waals surface area contributed by atoms with Crippen molar-refractivity contribution < 1.29 is 9.59 Å². The average Bonchev–Trinajstić information content (AvgIpc) is 2.72. The lowest BCUT2D eigenvalue weighted by Gasteiger charge is -2.26. The summed E-state index contributed by atoms with van der Waals surface area (Å²) >= 11 is 3.37. The molecule has 1 N–H and O–H groups in total. The normalized spacial score (nSPS) is 21.7.